The monoisotopic (exact) mass is 224 g/mol. The predicted molar refractivity (Wildman–Crippen MR) is 60.8 cm³/mol. The third-order valence-corrected chi connectivity index (χ3v) is 3.39. The highest BCUT2D eigenvalue weighted by Crippen LogP contribution is 2.30. The lowest BCUT2D eigenvalue weighted by atomic mass is 9.80. The first-order valence-corrected chi connectivity index (χ1v) is 5.99. The van der Waals surface area contributed by atoms with Gasteiger partial charge in [-0.15, -0.1) is 0 Å². The summed E-state index contributed by atoms with van der Waals surface area (Å²) in [7, 11) is 0. The van der Waals surface area contributed by atoms with Crippen LogP contribution in [-0.2, 0) is 12.0 Å². The van der Waals surface area contributed by atoms with E-state index in [4.69, 9.17) is 10.3 Å². The summed E-state index contributed by atoms with van der Waals surface area (Å²) in [5.74, 6) is 1.70. The largest absolute Gasteiger partial charge is 0.339 e. The van der Waals surface area contributed by atoms with Crippen molar-refractivity contribution in [1.29, 1.82) is 0 Å². The highest BCUT2D eigenvalue weighted by molar-refractivity contribution is 5.08. The number of nitrogens with zero attached hydrogens (tertiary/aromatic N) is 2. The van der Waals surface area contributed by atoms with Crippen molar-refractivity contribution in [3.05, 3.63) is 11.7 Å². The topological polar surface area (TPSA) is 77.0 Å². The van der Waals surface area contributed by atoms with Gasteiger partial charge in [0.25, 0.3) is 0 Å². The van der Waals surface area contributed by atoms with Gasteiger partial charge in [-0.1, -0.05) is 19.0 Å². The SMILES string of the molecule is CCCc1nc(C2(N)CCNCC2C)no1. The molecule has 16 heavy (non-hydrogen) atoms. The Morgan fingerprint density at radius 3 is 3.12 bits per heavy atom. The first kappa shape index (κ1) is 11.5. The lowest BCUT2D eigenvalue weighted by Gasteiger charge is -2.37. The van der Waals surface area contributed by atoms with Crippen LogP contribution in [0.3, 0.4) is 0 Å². The minimum absolute atomic E-state index is 0.327. The molecule has 1 aromatic heterocycles. The maximum Gasteiger partial charge on any atom is 0.226 e. The Morgan fingerprint density at radius 1 is 1.62 bits per heavy atom. The molecular formula is C11H20N4O. The van der Waals surface area contributed by atoms with Crippen molar-refractivity contribution in [2.45, 2.75) is 38.6 Å². The molecule has 1 aliphatic heterocycles. The fourth-order valence-electron chi connectivity index (χ4n) is 2.13. The number of aryl methyl sites for hydroxylation is 1. The zero-order chi connectivity index (χ0) is 11.6. The van der Waals surface area contributed by atoms with Crippen molar-refractivity contribution in [3.8, 4) is 0 Å². The Kier molecular flexibility index (Phi) is 3.25. The molecule has 0 radical (unpaired) electrons. The molecule has 1 aliphatic rings. The van der Waals surface area contributed by atoms with Crippen molar-refractivity contribution in [3.63, 3.8) is 0 Å². The van der Waals surface area contributed by atoms with E-state index < -0.39 is 5.54 Å². The van der Waals surface area contributed by atoms with E-state index in [-0.39, 0.29) is 0 Å². The second-order valence-corrected chi connectivity index (χ2v) is 4.66. The van der Waals surface area contributed by atoms with Crippen molar-refractivity contribution in [2.75, 3.05) is 13.1 Å². The van der Waals surface area contributed by atoms with E-state index in [0.29, 0.717) is 17.6 Å². The van der Waals surface area contributed by atoms with Gasteiger partial charge in [0.1, 0.15) is 0 Å². The van der Waals surface area contributed by atoms with E-state index in [1.54, 1.807) is 0 Å². The number of hydrogen-bond acceptors (Lipinski definition) is 5. The maximum atomic E-state index is 6.41. The molecule has 2 atom stereocenters. The van der Waals surface area contributed by atoms with Gasteiger partial charge < -0.3 is 15.6 Å². The summed E-state index contributed by atoms with van der Waals surface area (Å²) < 4.78 is 5.21. The molecule has 0 aliphatic carbocycles. The quantitative estimate of drug-likeness (QED) is 0.794. The molecule has 3 N–H and O–H groups in total. The number of piperidine rings is 1. The fraction of sp³-hybridized carbons (Fsp3) is 0.818. The van der Waals surface area contributed by atoms with Crippen LogP contribution in [0.4, 0.5) is 0 Å². The number of aromatic nitrogens is 2. The summed E-state index contributed by atoms with van der Waals surface area (Å²) in [6.45, 7) is 6.05. The molecule has 5 nitrogen and oxygen atoms in total. The van der Waals surface area contributed by atoms with Crippen molar-refractivity contribution < 1.29 is 4.52 Å². The van der Waals surface area contributed by atoms with Crippen LogP contribution in [-0.4, -0.2) is 23.2 Å². The number of hydrogen-bond donors (Lipinski definition) is 2. The van der Waals surface area contributed by atoms with E-state index in [0.717, 1.165) is 32.4 Å². The third-order valence-electron chi connectivity index (χ3n) is 3.39. The van der Waals surface area contributed by atoms with Gasteiger partial charge in [0.05, 0.1) is 5.54 Å². The number of nitrogens with two attached hydrogens (primary N) is 1. The van der Waals surface area contributed by atoms with Crippen LogP contribution in [0.2, 0.25) is 0 Å². The van der Waals surface area contributed by atoms with Gasteiger partial charge in [-0.3, -0.25) is 0 Å². The molecule has 0 spiro atoms. The molecule has 5 heteroatoms. The summed E-state index contributed by atoms with van der Waals surface area (Å²) >= 11 is 0. The predicted octanol–water partition coefficient (Wildman–Crippen LogP) is 0.805. The van der Waals surface area contributed by atoms with Gasteiger partial charge in [-0.25, -0.2) is 0 Å². The molecule has 1 aromatic rings. The smallest absolute Gasteiger partial charge is 0.226 e. The molecule has 2 unspecified atom stereocenters. The fourth-order valence-corrected chi connectivity index (χ4v) is 2.13. The third kappa shape index (κ3) is 1.97. The molecule has 2 rings (SSSR count). The van der Waals surface area contributed by atoms with Crippen molar-refractivity contribution >= 4 is 0 Å². The first-order chi connectivity index (χ1) is 7.66. The molecular weight excluding hydrogens is 204 g/mol. The molecule has 1 saturated heterocycles. The average Bonchev–Trinajstić information content (AvgIpc) is 2.72. The van der Waals surface area contributed by atoms with E-state index in [1.165, 1.54) is 0 Å². The summed E-state index contributed by atoms with van der Waals surface area (Å²) in [4.78, 5) is 4.42. The molecule has 2 heterocycles. The summed E-state index contributed by atoms with van der Waals surface area (Å²) in [5.41, 5.74) is 5.98. The Hall–Kier alpha value is -0.940. The van der Waals surface area contributed by atoms with Crippen LogP contribution < -0.4 is 11.1 Å². The van der Waals surface area contributed by atoms with Crippen LogP contribution in [0.15, 0.2) is 4.52 Å². The standard InChI is InChI=1S/C11H20N4O/c1-3-4-9-14-10(15-16-9)11(12)5-6-13-7-8(11)2/h8,13H,3-7,12H2,1-2H3. The van der Waals surface area contributed by atoms with Gasteiger partial charge >= 0.3 is 0 Å². The Morgan fingerprint density at radius 2 is 2.44 bits per heavy atom. The summed E-state index contributed by atoms with van der Waals surface area (Å²) in [6.07, 6.45) is 2.70. The molecule has 0 amide bonds. The van der Waals surface area contributed by atoms with Gasteiger partial charge in [0.15, 0.2) is 5.82 Å². The van der Waals surface area contributed by atoms with Crippen molar-refractivity contribution in [1.82, 2.24) is 15.5 Å². The number of rotatable bonds is 3. The van der Waals surface area contributed by atoms with Gasteiger partial charge in [0.2, 0.25) is 5.89 Å². The van der Waals surface area contributed by atoms with Gasteiger partial charge in [-0.2, -0.15) is 4.98 Å². The Balaban J connectivity index is 2.20. The molecule has 0 saturated carbocycles. The van der Waals surface area contributed by atoms with Crippen molar-refractivity contribution in [2.24, 2.45) is 11.7 Å². The van der Waals surface area contributed by atoms with E-state index in [1.807, 2.05) is 0 Å². The highest BCUT2D eigenvalue weighted by atomic mass is 16.5. The zero-order valence-corrected chi connectivity index (χ0v) is 9.99. The minimum Gasteiger partial charge on any atom is -0.339 e. The van der Waals surface area contributed by atoms with Crippen LogP contribution in [0, 0.1) is 5.92 Å². The zero-order valence-electron chi connectivity index (χ0n) is 9.99. The summed E-state index contributed by atoms with van der Waals surface area (Å²) in [5, 5.41) is 7.37. The molecule has 0 aromatic carbocycles. The minimum atomic E-state index is -0.430. The van der Waals surface area contributed by atoms with E-state index in [9.17, 15) is 0 Å². The first-order valence-electron chi connectivity index (χ1n) is 5.99. The lowest BCUT2D eigenvalue weighted by Crippen LogP contribution is -2.53. The normalized spacial score (nSPS) is 30.6. The van der Waals surface area contributed by atoms with Crippen LogP contribution in [0.25, 0.3) is 0 Å². The molecule has 1 fully saturated rings. The summed E-state index contributed by atoms with van der Waals surface area (Å²) in [6, 6.07) is 0. The Labute approximate surface area is 95.8 Å². The van der Waals surface area contributed by atoms with Crippen LogP contribution in [0.1, 0.15) is 38.4 Å². The maximum absolute atomic E-state index is 6.41. The lowest BCUT2D eigenvalue weighted by molar-refractivity contribution is 0.204. The average molecular weight is 224 g/mol. The second-order valence-electron chi connectivity index (χ2n) is 4.66. The van der Waals surface area contributed by atoms with Gasteiger partial charge in [-0.05, 0) is 31.8 Å². The molecule has 0 bridgehead atoms. The van der Waals surface area contributed by atoms with Crippen LogP contribution >= 0.6 is 0 Å². The van der Waals surface area contributed by atoms with Gasteiger partial charge in [0, 0.05) is 6.42 Å². The second kappa shape index (κ2) is 4.51. The Bertz CT molecular complexity index is 352. The van der Waals surface area contributed by atoms with E-state index >= 15 is 0 Å². The number of nitrogens with one attached hydrogen (secondary N) is 1. The molecule has 90 valence electrons. The van der Waals surface area contributed by atoms with Crippen LogP contribution in [0.5, 0.6) is 0 Å². The van der Waals surface area contributed by atoms with E-state index in [2.05, 4.69) is 29.3 Å². The highest BCUT2D eigenvalue weighted by Gasteiger charge is 2.40.